The Hall–Kier alpha value is -2.63. The average Bonchev–Trinajstić information content (AvgIpc) is 3.16. The molecule has 0 bridgehead atoms. The fraction of sp³-hybridized carbons (Fsp3) is 0.364. The summed E-state index contributed by atoms with van der Waals surface area (Å²) in [5, 5.41) is 6.34. The summed E-state index contributed by atoms with van der Waals surface area (Å²) in [5.74, 6) is 0.860. The van der Waals surface area contributed by atoms with Crippen molar-refractivity contribution < 1.29 is 18.3 Å². The third kappa shape index (κ3) is 6.68. The molecule has 2 heterocycles. The van der Waals surface area contributed by atoms with Crippen LogP contribution in [0.3, 0.4) is 0 Å². The molecule has 0 saturated heterocycles. The molecule has 2 aromatic heterocycles. The number of guanidine groups is 1. The van der Waals surface area contributed by atoms with E-state index in [1.165, 1.54) is 0 Å². The molecule has 0 spiro atoms. The number of aryl methyl sites for hydroxylation is 1. The highest BCUT2D eigenvalue weighted by atomic mass is 127. The number of halogens is 3. The number of alkyl halides is 2. The lowest BCUT2D eigenvalue weighted by Gasteiger charge is -2.17. The van der Waals surface area contributed by atoms with Gasteiger partial charge in [-0.05, 0) is 31.5 Å². The molecule has 10 heteroatoms. The van der Waals surface area contributed by atoms with Crippen molar-refractivity contribution in [2.24, 2.45) is 4.99 Å². The fourth-order valence-electron chi connectivity index (χ4n) is 3.23. The predicted molar refractivity (Wildman–Crippen MR) is 131 cm³/mol. The topological polar surface area (TPSA) is 72.2 Å². The summed E-state index contributed by atoms with van der Waals surface area (Å²) in [5.41, 5.74) is 3.58. The third-order valence-corrected chi connectivity index (χ3v) is 4.64. The van der Waals surface area contributed by atoms with Crippen LogP contribution in [0.1, 0.15) is 23.7 Å². The Morgan fingerprint density at radius 1 is 1.22 bits per heavy atom. The Morgan fingerprint density at radius 2 is 2.03 bits per heavy atom. The molecule has 0 aliphatic rings. The van der Waals surface area contributed by atoms with Crippen LogP contribution in [0.5, 0.6) is 11.5 Å². The number of nitrogens with one attached hydrogen (secondary N) is 2. The van der Waals surface area contributed by atoms with Crippen LogP contribution >= 0.6 is 24.0 Å². The number of nitrogens with zero attached hydrogens (tertiary/aromatic N) is 3. The first-order valence-electron chi connectivity index (χ1n) is 10.1. The molecule has 174 valence electrons. The summed E-state index contributed by atoms with van der Waals surface area (Å²) in [6.45, 7) is 2.09. The van der Waals surface area contributed by atoms with E-state index in [-0.39, 0.29) is 42.0 Å². The SMILES string of the molecule is CCOc1cccc(CNC(=NC)NCCc2cn3cccc(C)c3n2)c1OC(F)F.I. The van der Waals surface area contributed by atoms with Crippen molar-refractivity contribution in [3.05, 3.63) is 59.5 Å². The van der Waals surface area contributed by atoms with Crippen molar-refractivity contribution in [3.8, 4) is 11.5 Å². The van der Waals surface area contributed by atoms with Gasteiger partial charge in [-0.3, -0.25) is 4.99 Å². The molecular weight excluding hydrogens is 531 g/mol. The summed E-state index contributed by atoms with van der Waals surface area (Å²) in [6.07, 6.45) is 4.69. The van der Waals surface area contributed by atoms with E-state index in [0.717, 1.165) is 16.9 Å². The van der Waals surface area contributed by atoms with Gasteiger partial charge in [-0.15, -0.1) is 24.0 Å². The summed E-state index contributed by atoms with van der Waals surface area (Å²) in [6, 6.07) is 9.07. The van der Waals surface area contributed by atoms with Crippen molar-refractivity contribution in [3.63, 3.8) is 0 Å². The van der Waals surface area contributed by atoms with Crippen LogP contribution < -0.4 is 20.1 Å². The first-order valence-corrected chi connectivity index (χ1v) is 10.1. The minimum atomic E-state index is -2.94. The van der Waals surface area contributed by atoms with Crippen LogP contribution in [0.15, 0.2) is 47.7 Å². The second-order valence-electron chi connectivity index (χ2n) is 6.81. The van der Waals surface area contributed by atoms with Gasteiger partial charge in [0.15, 0.2) is 17.5 Å². The highest BCUT2D eigenvalue weighted by Gasteiger charge is 2.16. The third-order valence-electron chi connectivity index (χ3n) is 4.64. The number of fused-ring (bicyclic) bond motifs is 1. The zero-order chi connectivity index (χ0) is 22.2. The van der Waals surface area contributed by atoms with Crippen molar-refractivity contribution in [2.45, 2.75) is 33.4 Å². The number of aliphatic imine (C=N–C) groups is 1. The largest absolute Gasteiger partial charge is 0.490 e. The lowest BCUT2D eigenvalue weighted by atomic mass is 10.2. The van der Waals surface area contributed by atoms with E-state index in [1.54, 1.807) is 32.2 Å². The fourth-order valence-corrected chi connectivity index (χ4v) is 3.23. The van der Waals surface area contributed by atoms with E-state index < -0.39 is 6.61 Å². The molecule has 0 atom stereocenters. The molecule has 32 heavy (non-hydrogen) atoms. The van der Waals surface area contributed by atoms with Crippen molar-refractivity contribution >= 4 is 35.6 Å². The summed E-state index contributed by atoms with van der Waals surface area (Å²) in [7, 11) is 1.65. The maximum atomic E-state index is 12.9. The predicted octanol–water partition coefficient (Wildman–Crippen LogP) is 4.17. The minimum Gasteiger partial charge on any atom is -0.490 e. The Kier molecular flexibility index (Phi) is 9.95. The maximum Gasteiger partial charge on any atom is 0.387 e. The van der Waals surface area contributed by atoms with Gasteiger partial charge < -0.3 is 24.5 Å². The molecular formula is C22H28F2IN5O2. The van der Waals surface area contributed by atoms with E-state index in [9.17, 15) is 8.78 Å². The summed E-state index contributed by atoms with van der Waals surface area (Å²) >= 11 is 0. The van der Waals surface area contributed by atoms with E-state index in [0.29, 0.717) is 31.1 Å². The Bertz CT molecular complexity index is 1040. The molecule has 1 aromatic carbocycles. The number of aromatic nitrogens is 2. The van der Waals surface area contributed by atoms with E-state index in [1.807, 2.05) is 35.9 Å². The molecule has 0 saturated carbocycles. The first kappa shape index (κ1) is 25.6. The number of pyridine rings is 1. The summed E-state index contributed by atoms with van der Waals surface area (Å²) in [4.78, 5) is 8.85. The zero-order valence-corrected chi connectivity index (χ0v) is 20.6. The standard InChI is InChI=1S/C22H27F2N5O2.HI/c1-4-30-18-9-5-8-16(19(18)31-21(23)24)13-27-22(25-3)26-11-10-17-14-29-12-6-7-15(2)20(29)28-17;/h5-9,12,14,21H,4,10-11,13H2,1-3H3,(H2,25,26,27);1H. The van der Waals surface area contributed by atoms with Crippen LogP contribution in [0.25, 0.3) is 5.65 Å². The van der Waals surface area contributed by atoms with Crippen LogP contribution in [0.2, 0.25) is 0 Å². The second-order valence-corrected chi connectivity index (χ2v) is 6.81. The lowest BCUT2D eigenvalue weighted by Crippen LogP contribution is -2.38. The van der Waals surface area contributed by atoms with Gasteiger partial charge in [0.25, 0.3) is 0 Å². The van der Waals surface area contributed by atoms with E-state index >= 15 is 0 Å². The summed E-state index contributed by atoms with van der Waals surface area (Å²) < 4.78 is 37.9. The number of ether oxygens (including phenoxy) is 2. The highest BCUT2D eigenvalue weighted by Crippen LogP contribution is 2.32. The molecule has 0 radical (unpaired) electrons. The van der Waals surface area contributed by atoms with Crippen molar-refractivity contribution in [2.75, 3.05) is 20.2 Å². The van der Waals surface area contributed by atoms with Crippen LogP contribution in [0.4, 0.5) is 8.78 Å². The molecule has 0 amide bonds. The molecule has 0 unspecified atom stereocenters. The maximum absolute atomic E-state index is 12.9. The van der Waals surface area contributed by atoms with Gasteiger partial charge in [-0.1, -0.05) is 18.2 Å². The second kappa shape index (κ2) is 12.4. The molecule has 3 rings (SSSR count). The minimum absolute atomic E-state index is 0. The van der Waals surface area contributed by atoms with Crippen LogP contribution in [-0.4, -0.2) is 42.2 Å². The molecule has 3 aromatic rings. The van der Waals surface area contributed by atoms with E-state index in [2.05, 4.69) is 20.6 Å². The number of rotatable bonds is 9. The highest BCUT2D eigenvalue weighted by molar-refractivity contribution is 14.0. The molecule has 2 N–H and O–H groups in total. The number of imidazole rings is 1. The number of hydrogen-bond acceptors (Lipinski definition) is 4. The molecule has 0 aliphatic heterocycles. The van der Waals surface area contributed by atoms with Crippen LogP contribution in [0, 0.1) is 6.92 Å². The first-order chi connectivity index (χ1) is 15.0. The quantitative estimate of drug-likeness (QED) is 0.234. The molecule has 0 fully saturated rings. The van der Waals surface area contributed by atoms with Gasteiger partial charge >= 0.3 is 6.61 Å². The van der Waals surface area contributed by atoms with Crippen molar-refractivity contribution in [1.29, 1.82) is 0 Å². The number of benzene rings is 1. The average molecular weight is 559 g/mol. The van der Waals surface area contributed by atoms with Gasteiger partial charge in [0, 0.05) is 44.5 Å². The van der Waals surface area contributed by atoms with E-state index in [4.69, 9.17) is 9.47 Å². The number of para-hydroxylation sites is 1. The Labute approximate surface area is 203 Å². The zero-order valence-electron chi connectivity index (χ0n) is 18.3. The van der Waals surface area contributed by atoms with Crippen molar-refractivity contribution in [1.82, 2.24) is 20.0 Å². The smallest absolute Gasteiger partial charge is 0.387 e. The number of hydrogen-bond donors (Lipinski definition) is 2. The Balaban J connectivity index is 0.00000363. The van der Waals surface area contributed by atoms with Gasteiger partial charge in [-0.25, -0.2) is 4.98 Å². The molecule has 0 aliphatic carbocycles. The lowest BCUT2D eigenvalue weighted by molar-refractivity contribution is -0.0520. The monoisotopic (exact) mass is 559 g/mol. The van der Waals surface area contributed by atoms with Crippen LogP contribution in [-0.2, 0) is 13.0 Å². The van der Waals surface area contributed by atoms with Gasteiger partial charge in [-0.2, -0.15) is 8.78 Å². The van der Waals surface area contributed by atoms with Gasteiger partial charge in [0.2, 0.25) is 0 Å². The Morgan fingerprint density at radius 3 is 2.72 bits per heavy atom. The van der Waals surface area contributed by atoms with Gasteiger partial charge in [0.1, 0.15) is 5.65 Å². The normalized spacial score (nSPS) is 11.4. The molecule has 7 nitrogen and oxygen atoms in total. The van der Waals surface area contributed by atoms with Gasteiger partial charge in [0.05, 0.1) is 12.3 Å².